The topological polar surface area (TPSA) is 115 Å². The van der Waals surface area contributed by atoms with Crippen molar-refractivity contribution in [3.8, 4) is 5.75 Å². The monoisotopic (exact) mass is 547 g/mol. The van der Waals surface area contributed by atoms with E-state index < -0.39 is 29.7 Å². The molecule has 3 N–H and O–H groups in total. The van der Waals surface area contributed by atoms with Crippen LogP contribution in [0.5, 0.6) is 5.75 Å². The summed E-state index contributed by atoms with van der Waals surface area (Å²) in [4.78, 5) is 37.2. The first kappa shape index (κ1) is 30.0. The van der Waals surface area contributed by atoms with Crippen LogP contribution in [0.25, 0.3) is 0 Å². The number of rotatable bonds is 11. The van der Waals surface area contributed by atoms with Crippen molar-refractivity contribution in [2.75, 3.05) is 11.9 Å². The largest absolute Gasteiger partial charge is 0.489 e. The number of hydrogen-bond acceptors (Lipinski definition) is 6. The average molecular weight is 548 g/mol. The number of benzene rings is 3. The van der Waals surface area contributed by atoms with Gasteiger partial charge in [-0.15, -0.1) is 0 Å². The Morgan fingerprint density at radius 1 is 0.850 bits per heavy atom. The van der Waals surface area contributed by atoms with E-state index in [0.29, 0.717) is 18.0 Å². The zero-order valence-corrected chi connectivity index (χ0v) is 23.4. The average Bonchev–Trinajstić information content (AvgIpc) is 2.91. The van der Waals surface area contributed by atoms with Crippen LogP contribution < -0.4 is 20.7 Å². The molecule has 0 aromatic heterocycles. The Kier molecular flexibility index (Phi) is 10.9. The lowest BCUT2D eigenvalue weighted by Crippen LogP contribution is -2.47. The molecule has 0 bridgehead atoms. The van der Waals surface area contributed by atoms with Crippen molar-refractivity contribution in [2.24, 2.45) is 0 Å². The highest BCUT2D eigenvalue weighted by molar-refractivity contribution is 5.85. The first-order chi connectivity index (χ1) is 19.1. The molecule has 3 aromatic rings. The third-order valence-electron chi connectivity index (χ3n) is 5.52. The fraction of sp³-hybridized carbons (Fsp3) is 0.323. The Hall–Kier alpha value is -4.53. The minimum absolute atomic E-state index is 0.197. The molecule has 0 spiro atoms. The van der Waals surface area contributed by atoms with Crippen LogP contribution in [0.2, 0.25) is 0 Å². The fourth-order valence-corrected chi connectivity index (χ4v) is 3.69. The van der Waals surface area contributed by atoms with Crippen LogP contribution in [0.4, 0.5) is 15.3 Å². The molecule has 0 saturated carbocycles. The summed E-state index contributed by atoms with van der Waals surface area (Å²) >= 11 is 0. The van der Waals surface area contributed by atoms with Gasteiger partial charge in [0, 0.05) is 18.7 Å². The van der Waals surface area contributed by atoms with Gasteiger partial charge in [0.05, 0.1) is 6.61 Å². The number of ether oxygens (including phenoxy) is 3. The minimum atomic E-state index is -0.885. The molecule has 3 rings (SSSR count). The van der Waals surface area contributed by atoms with E-state index in [1.54, 1.807) is 52.0 Å². The normalized spacial score (nSPS) is 11.6. The molecule has 3 amide bonds. The lowest BCUT2D eigenvalue weighted by molar-refractivity contribution is -0.145. The van der Waals surface area contributed by atoms with Crippen LogP contribution in [0.1, 0.15) is 44.4 Å². The van der Waals surface area contributed by atoms with Crippen molar-refractivity contribution < 1.29 is 28.6 Å². The van der Waals surface area contributed by atoms with Crippen molar-refractivity contribution in [1.29, 1.82) is 0 Å². The second-order valence-corrected chi connectivity index (χ2v) is 10.1. The molecule has 9 heteroatoms. The van der Waals surface area contributed by atoms with Gasteiger partial charge in [0.15, 0.2) is 0 Å². The third kappa shape index (κ3) is 10.7. The molecule has 1 unspecified atom stereocenters. The van der Waals surface area contributed by atoms with Crippen LogP contribution in [0.3, 0.4) is 0 Å². The van der Waals surface area contributed by atoms with Crippen LogP contribution in [0.15, 0.2) is 78.9 Å². The predicted octanol–water partition coefficient (Wildman–Crippen LogP) is 5.59. The van der Waals surface area contributed by atoms with E-state index in [0.717, 1.165) is 16.7 Å². The van der Waals surface area contributed by atoms with E-state index in [9.17, 15) is 14.4 Å². The number of amides is 3. The molecule has 40 heavy (non-hydrogen) atoms. The molecule has 0 heterocycles. The van der Waals surface area contributed by atoms with Gasteiger partial charge in [0.25, 0.3) is 0 Å². The van der Waals surface area contributed by atoms with Gasteiger partial charge in [-0.05, 0) is 68.7 Å². The van der Waals surface area contributed by atoms with Gasteiger partial charge < -0.3 is 24.8 Å². The fourth-order valence-electron chi connectivity index (χ4n) is 3.69. The van der Waals surface area contributed by atoms with Crippen molar-refractivity contribution in [2.45, 2.75) is 58.9 Å². The first-order valence-electron chi connectivity index (χ1n) is 13.2. The summed E-state index contributed by atoms with van der Waals surface area (Å²) < 4.78 is 16.3. The van der Waals surface area contributed by atoms with E-state index in [1.165, 1.54) is 0 Å². The van der Waals surface area contributed by atoms with Gasteiger partial charge in [0.2, 0.25) is 0 Å². The maximum absolute atomic E-state index is 12.7. The Labute approximate surface area is 235 Å². The van der Waals surface area contributed by atoms with Crippen molar-refractivity contribution in [3.05, 3.63) is 95.6 Å². The molecule has 0 aliphatic rings. The first-order valence-corrected chi connectivity index (χ1v) is 13.2. The number of urea groups is 1. The highest BCUT2D eigenvalue weighted by atomic mass is 16.6. The highest BCUT2D eigenvalue weighted by Gasteiger charge is 2.23. The summed E-state index contributed by atoms with van der Waals surface area (Å²) in [7, 11) is 0. The molecule has 0 aliphatic carbocycles. The molecule has 9 nitrogen and oxygen atoms in total. The van der Waals surface area contributed by atoms with Gasteiger partial charge in [-0.1, -0.05) is 54.6 Å². The highest BCUT2D eigenvalue weighted by Crippen LogP contribution is 2.17. The summed E-state index contributed by atoms with van der Waals surface area (Å²) in [6.07, 6.45) is -0.309. The third-order valence-corrected chi connectivity index (χ3v) is 5.52. The lowest BCUT2D eigenvalue weighted by atomic mass is 10.1. The van der Waals surface area contributed by atoms with Gasteiger partial charge in [0.1, 0.15) is 24.0 Å². The van der Waals surface area contributed by atoms with Gasteiger partial charge >= 0.3 is 18.1 Å². The molecular formula is C31H37N3O6. The maximum Gasteiger partial charge on any atom is 0.412 e. The molecule has 212 valence electrons. The smallest absolute Gasteiger partial charge is 0.412 e. The Morgan fingerprint density at radius 3 is 2.23 bits per heavy atom. The number of nitrogens with one attached hydrogen (secondary N) is 3. The number of carbonyl (C=O) groups excluding carboxylic acids is 3. The SMILES string of the molecule is CCOC(=O)C(Cc1cccc(OCc2ccccc2)c1)NC(=O)NCc1ccc(NC(=O)OC(C)(C)C)cc1. The van der Waals surface area contributed by atoms with Crippen LogP contribution >= 0.6 is 0 Å². The summed E-state index contributed by atoms with van der Waals surface area (Å²) in [5, 5.41) is 8.14. The molecular weight excluding hydrogens is 510 g/mol. The molecule has 0 aliphatic heterocycles. The van der Waals surface area contributed by atoms with Gasteiger partial charge in [-0.3, -0.25) is 5.32 Å². The maximum atomic E-state index is 12.7. The number of hydrogen-bond donors (Lipinski definition) is 3. The van der Waals surface area contributed by atoms with Crippen molar-refractivity contribution >= 4 is 23.8 Å². The molecule has 0 radical (unpaired) electrons. The number of anilines is 1. The second kappa shape index (κ2) is 14.6. The van der Waals surface area contributed by atoms with E-state index >= 15 is 0 Å². The quantitative estimate of drug-likeness (QED) is 0.270. The molecule has 3 aromatic carbocycles. The van der Waals surface area contributed by atoms with Crippen LogP contribution in [-0.4, -0.2) is 36.3 Å². The number of carbonyl (C=O) groups is 3. The Bertz CT molecular complexity index is 1260. The van der Waals surface area contributed by atoms with E-state index in [4.69, 9.17) is 14.2 Å². The van der Waals surface area contributed by atoms with Crippen molar-refractivity contribution in [3.63, 3.8) is 0 Å². The van der Waals surface area contributed by atoms with Crippen LogP contribution in [0, 0.1) is 0 Å². The Balaban J connectivity index is 1.54. The summed E-state index contributed by atoms with van der Waals surface area (Å²) in [6, 6.07) is 22.8. The van der Waals surface area contributed by atoms with E-state index in [-0.39, 0.29) is 19.6 Å². The second-order valence-electron chi connectivity index (χ2n) is 10.1. The molecule has 1 atom stereocenters. The zero-order chi connectivity index (χ0) is 29.0. The molecule has 0 fully saturated rings. The lowest BCUT2D eigenvalue weighted by Gasteiger charge is -2.19. The minimum Gasteiger partial charge on any atom is -0.489 e. The Morgan fingerprint density at radius 2 is 1.55 bits per heavy atom. The zero-order valence-electron chi connectivity index (χ0n) is 23.4. The van der Waals surface area contributed by atoms with Gasteiger partial charge in [-0.25, -0.2) is 14.4 Å². The predicted molar refractivity (Wildman–Crippen MR) is 153 cm³/mol. The summed E-state index contributed by atoms with van der Waals surface area (Å²) in [5.74, 6) is 0.142. The van der Waals surface area contributed by atoms with Crippen LogP contribution in [-0.2, 0) is 33.8 Å². The van der Waals surface area contributed by atoms with E-state index in [2.05, 4.69) is 16.0 Å². The standard InChI is InChI=1S/C31H37N3O6/c1-5-38-28(35)27(19-24-12-9-13-26(18-24)39-21-23-10-7-6-8-11-23)34-29(36)32-20-22-14-16-25(17-15-22)33-30(37)40-31(2,3)4/h6-18,27H,5,19-21H2,1-4H3,(H,33,37)(H2,32,34,36). The molecule has 0 saturated heterocycles. The van der Waals surface area contributed by atoms with Crippen molar-refractivity contribution in [1.82, 2.24) is 10.6 Å². The van der Waals surface area contributed by atoms with Gasteiger partial charge in [-0.2, -0.15) is 0 Å². The number of esters is 1. The van der Waals surface area contributed by atoms with E-state index in [1.807, 2.05) is 54.6 Å². The summed E-state index contributed by atoms with van der Waals surface area (Å²) in [5.41, 5.74) is 2.64. The summed E-state index contributed by atoms with van der Waals surface area (Å²) in [6.45, 7) is 7.92.